The van der Waals surface area contributed by atoms with Crippen LogP contribution in [0.4, 0.5) is 21.7 Å². The number of carbonyl (C=O) groups is 1. The highest BCUT2D eigenvalue weighted by Gasteiger charge is 2.24. The Morgan fingerprint density at radius 1 is 1.18 bits per heavy atom. The zero-order valence-corrected chi connectivity index (χ0v) is 19.0. The van der Waals surface area contributed by atoms with Crippen LogP contribution in [-0.4, -0.2) is 48.3 Å². The lowest BCUT2D eigenvalue weighted by molar-refractivity contribution is 0.100. The number of nitrogens with zero attached hydrogens (tertiary/aromatic N) is 2. The minimum atomic E-state index is -0.790. The normalized spacial score (nSPS) is 18.0. The minimum absolute atomic E-state index is 0.0291. The van der Waals surface area contributed by atoms with Crippen LogP contribution in [0.15, 0.2) is 36.5 Å². The van der Waals surface area contributed by atoms with Gasteiger partial charge in [0.2, 0.25) is 0 Å². The number of benzene rings is 1. The largest absolute Gasteiger partial charge is 0.491 e. The van der Waals surface area contributed by atoms with Crippen molar-refractivity contribution in [2.75, 3.05) is 31.0 Å². The predicted molar refractivity (Wildman–Crippen MR) is 129 cm³/mol. The van der Waals surface area contributed by atoms with Gasteiger partial charge in [-0.15, -0.1) is 0 Å². The first-order valence-corrected chi connectivity index (χ1v) is 11.3. The molecule has 4 rings (SSSR count). The van der Waals surface area contributed by atoms with Gasteiger partial charge >= 0.3 is 0 Å². The van der Waals surface area contributed by atoms with Gasteiger partial charge in [-0.3, -0.25) is 9.78 Å². The maximum atomic E-state index is 14.7. The third-order valence-electron chi connectivity index (χ3n) is 5.86. The van der Waals surface area contributed by atoms with Crippen LogP contribution in [0.2, 0.25) is 0 Å². The SMILES string of the molecule is COCCOc1ccc2cc(Nc3nc(N[C@@H]4CCCC[C@@H]4N)c(F)cc3C(N)=O)cnc2c1. The molecule has 1 aliphatic rings. The molecule has 2 atom stereocenters. The first-order valence-electron chi connectivity index (χ1n) is 11.3. The number of hydrogen-bond acceptors (Lipinski definition) is 8. The Kier molecular flexibility index (Phi) is 7.39. The van der Waals surface area contributed by atoms with Gasteiger partial charge < -0.3 is 31.6 Å². The van der Waals surface area contributed by atoms with Gasteiger partial charge in [0.25, 0.3) is 5.91 Å². The lowest BCUT2D eigenvalue weighted by Crippen LogP contribution is -2.43. The van der Waals surface area contributed by atoms with Crippen LogP contribution in [-0.2, 0) is 4.74 Å². The number of nitrogens with one attached hydrogen (secondary N) is 2. The average Bonchev–Trinajstić information content (AvgIpc) is 2.82. The highest BCUT2D eigenvalue weighted by atomic mass is 19.1. The molecule has 180 valence electrons. The van der Waals surface area contributed by atoms with Gasteiger partial charge in [-0.05, 0) is 37.1 Å². The molecule has 0 radical (unpaired) electrons. The molecule has 9 nitrogen and oxygen atoms in total. The molecule has 0 unspecified atom stereocenters. The number of hydrogen-bond donors (Lipinski definition) is 4. The van der Waals surface area contributed by atoms with Crippen molar-refractivity contribution < 1.29 is 18.7 Å². The van der Waals surface area contributed by atoms with Crippen LogP contribution < -0.4 is 26.8 Å². The molecule has 1 aromatic carbocycles. The minimum Gasteiger partial charge on any atom is -0.491 e. The Morgan fingerprint density at radius 2 is 2.00 bits per heavy atom. The maximum Gasteiger partial charge on any atom is 0.252 e. The number of nitrogens with two attached hydrogens (primary N) is 2. The molecule has 6 N–H and O–H groups in total. The van der Waals surface area contributed by atoms with Gasteiger partial charge in [0.15, 0.2) is 11.6 Å². The molecule has 0 saturated heterocycles. The zero-order valence-electron chi connectivity index (χ0n) is 19.0. The molecule has 2 heterocycles. The topological polar surface area (TPSA) is 137 Å². The highest BCUT2D eigenvalue weighted by molar-refractivity contribution is 5.99. The van der Waals surface area contributed by atoms with Gasteiger partial charge in [0, 0.05) is 30.6 Å². The Balaban J connectivity index is 1.58. The monoisotopic (exact) mass is 468 g/mol. The van der Waals surface area contributed by atoms with Gasteiger partial charge in [-0.1, -0.05) is 12.8 Å². The molecule has 1 amide bonds. The van der Waals surface area contributed by atoms with E-state index in [1.54, 1.807) is 13.3 Å². The smallest absolute Gasteiger partial charge is 0.252 e. The van der Waals surface area contributed by atoms with Crippen molar-refractivity contribution in [1.29, 1.82) is 0 Å². The summed E-state index contributed by atoms with van der Waals surface area (Å²) >= 11 is 0. The lowest BCUT2D eigenvalue weighted by Gasteiger charge is -2.30. The van der Waals surface area contributed by atoms with E-state index in [-0.39, 0.29) is 29.3 Å². The van der Waals surface area contributed by atoms with E-state index in [4.69, 9.17) is 20.9 Å². The number of aromatic nitrogens is 2. The van der Waals surface area contributed by atoms with Crippen molar-refractivity contribution in [1.82, 2.24) is 9.97 Å². The number of fused-ring (bicyclic) bond motifs is 1. The van der Waals surface area contributed by atoms with Crippen LogP contribution in [0, 0.1) is 5.82 Å². The number of methoxy groups -OCH3 is 1. The summed E-state index contributed by atoms with van der Waals surface area (Å²) < 4.78 is 25.3. The van der Waals surface area contributed by atoms with Gasteiger partial charge in [-0.25, -0.2) is 9.37 Å². The Morgan fingerprint density at radius 3 is 2.76 bits per heavy atom. The van der Waals surface area contributed by atoms with Crippen LogP contribution in [0.1, 0.15) is 36.0 Å². The van der Waals surface area contributed by atoms with E-state index in [9.17, 15) is 9.18 Å². The molecule has 3 aromatic rings. The molecule has 1 aliphatic carbocycles. The summed E-state index contributed by atoms with van der Waals surface area (Å²) in [5, 5.41) is 7.01. The summed E-state index contributed by atoms with van der Waals surface area (Å²) in [6.45, 7) is 0.931. The van der Waals surface area contributed by atoms with E-state index in [0.29, 0.717) is 24.7 Å². The molecule has 1 fully saturated rings. The molecule has 0 bridgehead atoms. The Bertz CT molecular complexity index is 1170. The van der Waals surface area contributed by atoms with Crippen molar-refractivity contribution in [3.8, 4) is 5.75 Å². The quantitative estimate of drug-likeness (QED) is 0.351. The lowest BCUT2D eigenvalue weighted by atomic mass is 9.91. The van der Waals surface area contributed by atoms with E-state index in [0.717, 1.165) is 42.7 Å². The highest BCUT2D eigenvalue weighted by Crippen LogP contribution is 2.28. The fraction of sp³-hybridized carbons (Fsp3) is 0.375. The first kappa shape index (κ1) is 23.7. The summed E-state index contributed by atoms with van der Waals surface area (Å²) in [6.07, 6.45) is 5.36. The van der Waals surface area contributed by atoms with Crippen LogP contribution in [0.25, 0.3) is 10.9 Å². The first-order chi connectivity index (χ1) is 16.4. The summed E-state index contributed by atoms with van der Waals surface area (Å²) in [6, 6.07) is 8.30. The van der Waals surface area contributed by atoms with Crippen LogP contribution >= 0.6 is 0 Å². The second kappa shape index (κ2) is 10.6. The number of ether oxygens (including phenoxy) is 2. The number of anilines is 3. The third-order valence-corrected chi connectivity index (χ3v) is 5.86. The van der Waals surface area contributed by atoms with Crippen molar-refractivity contribution in [2.45, 2.75) is 37.8 Å². The number of primary amides is 1. The molecule has 10 heteroatoms. The van der Waals surface area contributed by atoms with Crippen molar-refractivity contribution in [3.05, 3.63) is 47.9 Å². The third kappa shape index (κ3) is 5.52. The fourth-order valence-corrected chi connectivity index (χ4v) is 4.03. The van der Waals surface area contributed by atoms with E-state index < -0.39 is 11.7 Å². The van der Waals surface area contributed by atoms with Crippen LogP contribution in [0.5, 0.6) is 5.75 Å². The van der Waals surface area contributed by atoms with E-state index in [1.165, 1.54) is 0 Å². The van der Waals surface area contributed by atoms with E-state index in [2.05, 4.69) is 20.6 Å². The van der Waals surface area contributed by atoms with Gasteiger partial charge in [-0.2, -0.15) is 0 Å². The number of amides is 1. The van der Waals surface area contributed by atoms with E-state index in [1.807, 2.05) is 24.3 Å². The van der Waals surface area contributed by atoms with Crippen molar-refractivity contribution in [3.63, 3.8) is 0 Å². The van der Waals surface area contributed by atoms with Crippen molar-refractivity contribution in [2.24, 2.45) is 11.5 Å². The Labute approximate surface area is 197 Å². The number of pyridine rings is 2. The fourth-order valence-electron chi connectivity index (χ4n) is 4.03. The standard InChI is InChI=1S/C24H29FN6O3/c1-33-8-9-34-16-7-6-14-10-15(13-28-21(14)11-16)29-23-17(22(27)32)12-18(25)24(31-23)30-20-5-3-2-4-19(20)26/h6-7,10-13,19-20H,2-5,8-9,26H2,1H3,(H2,27,32)(H2,29,30,31)/t19-,20+/m0/s1. The zero-order chi connectivity index (χ0) is 24.1. The summed E-state index contributed by atoms with van der Waals surface area (Å²) in [5.41, 5.74) is 12.9. The predicted octanol–water partition coefficient (Wildman–Crippen LogP) is 3.32. The van der Waals surface area contributed by atoms with Crippen molar-refractivity contribution >= 4 is 34.1 Å². The average molecular weight is 469 g/mol. The maximum absolute atomic E-state index is 14.7. The van der Waals surface area contributed by atoms with Gasteiger partial charge in [0.1, 0.15) is 18.2 Å². The van der Waals surface area contributed by atoms with Crippen LogP contribution in [0.3, 0.4) is 0 Å². The molecule has 34 heavy (non-hydrogen) atoms. The molecule has 0 aliphatic heterocycles. The second-order valence-corrected chi connectivity index (χ2v) is 8.32. The second-order valence-electron chi connectivity index (χ2n) is 8.32. The molecule has 2 aromatic heterocycles. The summed E-state index contributed by atoms with van der Waals surface area (Å²) in [4.78, 5) is 20.8. The number of halogens is 1. The number of carbonyl (C=O) groups excluding carboxylic acids is 1. The summed E-state index contributed by atoms with van der Waals surface area (Å²) in [5.74, 6) is -0.593. The number of rotatable bonds is 9. The van der Waals surface area contributed by atoms with E-state index >= 15 is 0 Å². The molecule has 0 spiro atoms. The molecule has 1 saturated carbocycles. The summed E-state index contributed by atoms with van der Waals surface area (Å²) in [7, 11) is 1.61. The molecular formula is C24H29FN6O3. The Hall–Kier alpha value is -3.50. The van der Waals surface area contributed by atoms with Gasteiger partial charge in [0.05, 0.1) is 29.6 Å². The molecular weight excluding hydrogens is 439 g/mol.